The highest BCUT2D eigenvalue weighted by atomic mass is 35.5. The van der Waals surface area contributed by atoms with Crippen molar-refractivity contribution in [3.8, 4) is 5.75 Å². The molecule has 16 heteroatoms. The van der Waals surface area contributed by atoms with Crippen LogP contribution in [0.4, 0.5) is 14.5 Å². The molecule has 12 nitrogen and oxygen atoms in total. The standard InChI is InChI=1S/C42H56ClF2N5O7S/c1-4-50(5-2)58(54,55)46-39(52)42(53)23-38(51)47(3)18-7-6-10-36(56-20-19-48-26-41(44,45)27-48)33-14-11-30(33)24-49-25-40(28-57-37-16-12-31(42)22-35(37)49)17-8-9-29-21-32(43)13-15-34(29)40/h6,10,12-13,15-16,21-22,30,33,36,53H,4-5,7-9,11,14,17-20,23-28H2,1-3H3,(H,46,52)/b10-6-/t30-,33+,36-,40-,42+/m0/s1. The lowest BCUT2D eigenvalue weighted by Gasteiger charge is -2.46. The average molecular weight is 848 g/mol. The van der Waals surface area contributed by atoms with Crippen molar-refractivity contribution in [1.82, 2.24) is 18.8 Å². The number of hydrogen-bond donors (Lipinski definition) is 2. The van der Waals surface area contributed by atoms with Crippen molar-refractivity contribution in [2.75, 3.05) is 77.5 Å². The minimum atomic E-state index is -4.35. The summed E-state index contributed by atoms with van der Waals surface area (Å²) in [4.78, 5) is 33.4. The first-order valence-corrected chi connectivity index (χ1v) is 22.4. The van der Waals surface area contributed by atoms with E-state index in [4.69, 9.17) is 21.1 Å². The summed E-state index contributed by atoms with van der Waals surface area (Å²) in [5.41, 5.74) is 0.0490. The normalized spacial score (nSPS) is 29.4. The molecule has 318 valence electrons. The Hall–Kier alpha value is -3.34. The van der Waals surface area contributed by atoms with Gasteiger partial charge in [-0.25, -0.2) is 13.5 Å². The van der Waals surface area contributed by atoms with Gasteiger partial charge < -0.3 is 24.4 Å². The summed E-state index contributed by atoms with van der Waals surface area (Å²) in [6, 6.07) is 10.9. The van der Waals surface area contributed by atoms with Gasteiger partial charge in [-0.15, -0.1) is 0 Å². The third-order valence-corrected chi connectivity index (χ3v) is 14.8. The maximum Gasteiger partial charge on any atom is 0.303 e. The molecule has 3 heterocycles. The second-order valence-corrected chi connectivity index (χ2v) is 18.9. The zero-order valence-corrected chi connectivity index (χ0v) is 35.2. The number of likely N-dealkylation sites (tertiary alicyclic amines) is 1. The van der Waals surface area contributed by atoms with Gasteiger partial charge in [-0.3, -0.25) is 14.5 Å². The van der Waals surface area contributed by atoms with Crippen molar-refractivity contribution in [2.24, 2.45) is 11.8 Å². The number of ether oxygens (including phenoxy) is 2. The monoisotopic (exact) mass is 847 g/mol. The number of anilines is 1. The van der Waals surface area contributed by atoms with Gasteiger partial charge in [-0.2, -0.15) is 12.7 Å². The van der Waals surface area contributed by atoms with E-state index in [1.54, 1.807) is 37.9 Å². The Morgan fingerprint density at radius 1 is 1.12 bits per heavy atom. The van der Waals surface area contributed by atoms with E-state index in [0.29, 0.717) is 55.7 Å². The molecule has 2 amide bonds. The smallest absolute Gasteiger partial charge is 0.303 e. The molecule has 1 saturated carbocycles. The molecular weight excluding hydrogens is 792 g/mol. The van der Waals surface area contributed by atoms with Crippen molar-refractivity contribution < 1.29 is 41.4 Å². The molecule has 2 N–H and O–H groups in total. The van der Waals surface area contributed by atoms with Crippen LogP contribution in [-0.2, 0) is 42.0 Å². The average Bonchev–Trinajstić information content (AvgIpc) is 3.30. The number of halogens is 3. The van der Waals surface area contributed by atoms with Gasteiger partial charge in [0.15, 0.2) is 5.60 Å². The number of aliphatic hydroxyl groups is 1. The number of nitrogens with one attached hydrogen (secondary N) is 1. The lowest BCUT2D eigenvalue weighted by atomic mass is 9.68. The predicted octanol–water partition coefficient (Wildman–Crippen LogP) is 4.87. The van der Waals surface area contributed by atoms with Gasteiger partial charge in [-0.05, 0) is 91.3 Å². The number of nitrogens with zero attached hydrogens (tertiary/aromatic N) is 4. The quantitative estimate of drug-likeness (QED) is 0.340. The minimum absolute atomic E-state index is 0.0653. The first-order valence-electron chi connectivity index (χ1n) is 20.5. The lowest BCUT2D eigenvalue weighted by molar-refractivity contribution is -0.148. The molecule has 1 spiro atoms. The number of hydrogen-bond acceptors (Lipinski definition) is 9. The molecule has 0 aromatic heterocycles. The summed E-state index contributed by atoms with van der Waals surface area (Å²) < 4.78 is 70.1. The summed E-state index contributed by atoms with van der Waals surface area (Å²) in [6.45, 7) is 5.45. The Balaban J connectivity index is 1.28. The number of carbonyl (C=O) groups is 2. The van der Waals surface area contributed by atoms with E-state index >= 15 is 0 Å². The number of carbonyl (C=O) groups excluding carboxylic acids is 2. The first kappa shape index (κ1) is 42.8. The van der Waals surface area contributed by atoms with Gasteiger partial charge in [-0.1, -0.05) is 49.7 Å². The molecule has 1 saturated heterocycles. The Morgan fingerprint density at radius 2 is 1.90 bits per heavy atom. The number of fused-ring (bicyclic) bond motifs is 4. The zero-order valence-electron chi connectivity index (χ0n) is 33.6. The highest BCUT2D eigenvalue weighted by molar-refractivity contribution is 7.87. The Bertz CT molecular complexity index is 2000. The Labute approximate surface area is 345 Å². The maximum absolute atomic E-state index is 14.2. The van der Waals surface area contributed by atoms with Gasteiger partial charge in [0.2, 0.25) is 5.91 Å². The van der Waals surface area contributed by atoms with Crippen molar-refractivity contribution in [3.63, 3.8) is 0 Å². The van der Waals surface area contributed by atoms with Crippen LogP contribution in [0.25, 0.3) is 0 Å². The fourth-order valence-electron chi connectivity index (χ4n) is 9.43. The number of aryl methyl sites for hydroxylation is 1. The fourth-order valence-corrected chi connectivity index (χ4v) is 10.8. The summed E-state index contributed by atoms with van der Waals surface area (Å²) in [6.07, 6.45) is 7.96. The van der Waals surface area contributed by atoms with E-state index in [0.717, 1.165) is 36.4 Å². The largest absolute Gasteiger partial charge is 0.490 e. The van der Waals surface area contributed by atoms with Crippen molar-refractivity contribution in [2.45, 2.75) is 81.8 Å². The Kier molecular flexibility index (Phi) is 12.5. The highest BCUT2D eigenvalue weighted by Gasteiger charge is 2.48. The third kappa shape index (κ3) is 8.76. The SMILES string of the molecule is CCN(CC)S(=O)(=O)NC(=O)[C@@]1(O)CC(=O)N(C)CC/C=C\[C@H](OCCN2CC(F)(F)C2)[C@@H]2CC[C@H]2CN2C[C@@]3(CCCc4cc(Cl)ccc43)COc3ccc1cc32. The van der Waals surface area contributed by atoms with Crippen LogP contribution in [0.3, 0.4) is 0 Å². The molecule has 2 bridgehead atoms. The van der Waals surface area contributed by atoms with E-state index in [2.05, 4.69) is 15.7 Å². The van der Waals surface area contributed by atoms with Crippen LogP contribution >= 0.6 is 11.6 Å². The number of alkyl halides is 2. The van der Waals surface area contributed by atoms with Crippen LogP contribution in [0.1, 0.15) is 69.1 Å². The Morgan fingerprint density at radius 3 is 2.60 bits per heavy atom. The van der Waals surface area contributed by atoms with E-state index in [-0.39, 0.29) is 56.2 Å². The molecular formula is C42H56ClF2N5O7S. The molecule has 7 rings (SSSR count). The van der Waals surface area contributed by atoms with Gasteiger partial charge in [0.1, 0.15) is 5.75 Å². The third-order valence-electron chi connectivity index (χ3n) is 12.9. The van der Waals surface area contributed by atoms with Crippen LogP contribution in [0, 0.1) is 11.8 Å². The van der Waals surface area contributed by atoms with Crippen LogP contribution < -0.4 is 14.4 Å². The van der Waals surface area contributed by atoms with E-state index < -0.39 is 45.4 Å². The van der Waals surface area contributed by atoms with Crippen LogP contribution in [0.15, 0.2) is 48.6 Å². The summed E-state index contributed by atoms with van der Waals surface area (Å²) >= 11 is 6.48. The zero-order chi connectivity index (χ0) is 41.5. The highest BCUT2D eigenvalue weighted by Crippen LogP contribution is 2.48. The van der Waals surface area contributed by atoms with Crippen LogP contribution in [0.5, 0.6) is 5.75 Å². The molecule has 5 atom stereocenters. The molecule has 0 radical (unpaired) electrons. The van der Waals surface area contributed by atoms with Gasteiger partial charge in [0.25, 0.3) is 11.8 Å². The maximum atomic E-state index is 14.2. The predicted molar refractivity (Wildman–Crippen MR) is 217 cm³/mol. The minimum Gasteiger partial charge on any atom is -0.490 e. The van der Waals surface area contributed by atoms with E-state index in [1.165, 1.54) is 22.1 Å². The van der Waals surface area contributed by atoms with Gasteiger partial charge >= 0.3 is 10.2 Å². The molecule has 3 aliphatic heterocycles. The van der Waals surface area contributed by atoms with Crippen molar-refractivity contribution in [3.05, 3.63) is 70.3 Å². The molecule has 5 aliphatic rings. The molecule has 2 aliphatic carbocycles. The summed E-state index contributed by atoms with van der Waals surface area (Å²) in [7, 11) is -2.78. The van der Waals surface area contributed by atoms with Crippen LogP contribution in [-0.4, -0.2) is 124 Å². The van der Waals surface area contributed by atoms with Crippen molar-refractivity contribution in [1.29, 1.82) is 0 Å². The molecule has 2 aromatic rings. The lowest BCUT2D eigenvalue weighted by Crippen LogP contribution is -2.57. The number of benzene rings is 2. The second kappa shape index (κ2) is 17.0. The summed E-state index contributed by atoms with van der Waals surface area (Å²) in [5, 5.41) is 13.1. The molecule has 0 unspecified atom stereocenters. The van der Waals surface area contributed by atoms with E-state index in [1.807, 2.05) is 24.3 Å². The van der Waals surface area contributed by atoms with Crippen molar-refractivity contribution >= 4 is 39.3 Å². The van der Waals surface area contributed by atoms with Crippen LogP contribution in [0.2, 0.25) is 5.02 Å². The van der Waals surface area contributed by atoms with Gasteiger partial charge in [0.05, 0.1) is 44.5 Å². The van der Waals surface area contributed by atoms with E-state index in [9.17, 15) is 31.9 Å². The summed E-state index contributed by atoms with van der Waals surface area (Å²) in [5.74, 6) is -3.60. The second-order valence-electron chi connectivity index (χ2n) is 16.8. The number of rotatable bonds is 9. The number of amides is 2. The molecule has 2 fully saturated rings. The van der Waals surface area contributed by atoms with Gasteiger partial charge in [0, 0.05) is 56.8 Å². The fraction of sp³-hybridized carbons (Fsp3) is 0.619. The molecule has 2 aromatic carbocycles. The molecule has 58 heavy (non-hydrogen) atoms. The first-order chi connectivity index (χ1) is 27.6. The topological polar surface area (TPSA) is 132 Å².